The minimum absolute atomic E-state index is 0.201. The van der Waals surface area contributed by atoms with E-state index >= 15 is 0 Å². The van der Waals surface area contributed by atoms with Crippen molar-refractivity contribution in [2.75, 3.05) is 26.2 Å². The third-order valence-corrected chi connectivity index (χ3v) is 7.04. The van der Waals surface area contributed by atoms with Crippen LogP contribution in [0.2, 0.25) is 0 Å². The van der Waals surface area contributed by atoms with E-state index in [2.05, 4.69) is 0 Å². The summed E-state index contributed by atoms with van der Waals surface area (Å²) in [6.45, 7) is 3.84. The maximum atomic E-state index is 13.1. The first-order chi connectivity index (χ1) is 17.2. The summed E-state index contributed by atoms with van der Waals surface area (Å²) < 4.78 is 0. The molecule has 0 spiro atoms. The molecular formula is C26H24N4O6. The van der Waals surface area contributed by atoms with Gasteiger partial charge in [-0.25, -0.2) is 0 Å². The highest BCUT2D eigenvalue weighted by molar-refractivity contribution is 6.23. The van der Waals surface area contributed by atoms with Gasteiger partial charge in [0.05, 0.1) is 22.3 Å². The number of imide groups is 2. The lowest BCUT2D eigenvalue weighted by atomic mass is 10.1. The summed E-state index contributed by atoms with van der Waals surface area (Å²) in [4.78, 5) is 82.2. The Labute approximate surface area is 207 Å². The number of carbonyl (C=O) groups excluding carboxylic acids is 6. The predicted molar refractivity (Wildman–Crippen MR) is 126 cm³/mol. The van der Waals surface area contributed by atoms with E-state index in [0.29, 0.717) is 0 Å². The first-order valence-corrected chi connectivity index (χ1v) is 11.7. The van der Waals surface area contributed by atoms with Crippen molar-refractivity contribution < 1.29 is 28.8 Å². The van der Waals surface area contributed by atoms with E-state index in [4.69, 9.17) is 0 Å². The molecule has 3 aliphatic heterocycles. The average molecular weight is 489 g/mol. The summed E-state index contributed by atoms with van der Waals surface area (Å²) in [5, 5.41) is 0. The van der Waals surface area contributed by atoms with Crippen molar-refractivity contribution >= 4 is 35.4 Å². The molecule has 0 bridgehead atoms. The fraction of sp³-hybridized carbons (Fsp3) is 0.308. The zero-order valence-electron chi connectivity index (χ0n) is 19.8. The van der Waals surface area contributed by atoms with Crippen LogP contribution in [-0.4, -0.2) is 93.3 Å². The second kappa shape index (κ2) is 8.71. The van der Waals surface area contributed by atoms with E-state index in [1.807, 2.05) is 0 Å². The van der Waals surface area contributed by atoms with Crippen molar-refractivity contribution in [1.82, 2.24) is 19.6 Å². The van der Waals surface area contributed by atoms with Gasteiger partial charge in [0.25, 0.3) is 23.6 Å². The Morgan fingerprint density at radius 1 is 0.556 bits per heavy atom. The number of hydrogen-bond acceptors (Lipinski definition) is 6. The van der Waals surface area contributed by atoms with E-state index < -0.39 is 35.7 Å². The molecular weight excluding hydrogens is 464 g/mol. The van der Waals surface area contributed by atoms with Crippen molar-refractivity contribution in [2.24, 2.45) is 0 Å². The Hall–Kier alpha value is -4.34. The molecule has 1 fully saturated rings. The lowest BCUT2D eigenvalue weighted by Crippen LogP contribution is -2.58. The molecule has 0 N–H and O–H groups in total. The second-order valence-electron chi connectivity index (χ2n) is 9.05. The molecule has 0 aromatic heterocycles. The zero-order chi connectivity index (χ0) is 25.7. The van der Waals surface area contributed by atoms with Gasteiger partial charge < -0.3 is 9.80 Å². The first kappa shape index (κ1) is 23.4. The first-order valence-electron chi connectivity index (χ1n) is 11.7. The Kier molecular flexibility index (Phi) is 5.66. The minimum atomic E-state index is -0.989. The Bertz CT molecular complexity index is 1160. The molecule has 0 aliphatic carbocycles. The smallest absolute Gasteiger partial charge is 0.262 e. The third kappa shape index (κ3) is 3.48. The summed E-state index contributed by atoms with van der Waals surface area (Å²) in [7, 11) is 0. The van der Waals surface area contributed by atoms with Crippen LogP contribution in [0.25, 0.3) is 0 Å². The van der Waals surface area contributed by atoms with Crippen molar-refractivity contribution in [2.45, 2.75) is 25.9 Å². The lowest BCUT2D eigenvalue weighted by Gasteiger charge is -2.38. The van der Waals surface area contributed by atoms with Crippen LogP contribution in [-0.2, 0) is 9.59 Å². The molecule has 3 heterocycles. The molecule has 2 atom stereocenters. The number of nitrogens with zero attached hydrogens (tertiary/aromatic N) is 4. The average Bonchev–Trinajstić information content (AvgIpc) is 3.31. The molecule has 6 amide bonds. The van der Waals surface area contributed by atoms with Gasteiger partial charge in [-0.2, -0.15) is 0 Å². The molecule has 0 radical (unpaired) electrons. The molecule has 10 heteroatoms. The van der Waals surface area contributed by atoms with Crippen LogP contribution in [0.1, 0.15) is 55.3 Å². The number of rotatable bonds is 4. The Morgan fingerprint density at radius 2 is 0.806 bits per heavy atom. The molecule has 10 nitrogen and oxygen atoms in total. The Morgan fingerprint density at radius 3 is 1.06 bits per heavy atom. The number of amides is 6. The van der Waals surface area contributed by atoms with Gasteiger partial charge in [-0.15, -0.1) is 0 Å². The van der Waals surface area contributed by atoms with Crippen molar-refractivity contribution in [3.63, 3.8) is 0 Å². The molecule has 0 unspecified atom stereocenters. The fourth-order valence-corrected chi connectivity index (χ4v) is 5.02. The molecule has 36 heavy (non-hydrogen) atoms. The Balaban J connectivity index is 1.21. The standard InChI is InChI=1S/C26H24N4O6/c1-15(29-23(33)17-7-3-4-8-18(17)24(29)34)21(31)27-11-13-28(14-12-27)22(32)16(2)30-25(35)19-9-5-6-10-20(19)26(30)36/h3-10,15-16H,11-14H2,1-2H3/t15-,16+. The number of piperazine rings is 1. The summed E-state index contributed by atoms with van der Waals surface area (Å²) >= 11 is 0. The summed E-state index contributed by atoms with van der Waals surface area (Å²) in [5.74, 6) is -2.77. The zero-order valence-corrected chi connectivity index (χ0v) is 19.8. The van der Waals surface area contributed by atoms with Crippen LogP contribution in [0, 0.1) is 0 Å². The summed E-state index contributed by atoms with van der Waals surface area (Å²) in [6.07, 6.45) is 0. The van der Waals surface area contributed by atoms with E-state index in [1.165, 1.54) is 23.6 Å². The van der Waals surface area contributed by atoms with Crippen LogP contribution in [0.5, 0.6) is 0 Å². The number of hydrogen-bond donors (Lipinski definition) is 0. The second-order valence-corrected chi connectivity index (χ2v) is 9.05. The van der Waals surface area contributed by atoms with Gasteiger partial charge in [-0.3, -0.25) is 38.6 Å². The van der Waals surface area contributed by atoms with Gasteiger partial charge in [-0.1, -0.05) is 24.3 Å². The van der Waals surface area contributed by atoms with Crippen molar-refractivity contribution in [1.29, 1.82) is 0 Å². The predicted octanol–water partition coefficient (Wildman–Crippen LogP) is 1.03. The van der Waals surface area contributed by atoms with Gasteiger partial charge in [-0.05, 0) is 38.1 Å². The van der Waals surface area contributed by atoms with Crippen LogP contribution < -0.4 is 0 Å². The van der Waals surface area contributed by atoms with E-state index in [9.17, 15) is 28.8 Å². The van der Waals surface area contributed by atoms with E-state index in [-0.39, 0.29) is 60.2 Å². The minimum Gasteiger partial charge on any atom is -0.337 e. The third-order valence-electron chi connectivity index (χ3n) is 7.04. The highest BCUT2D eigenvalue weighted by atomic mass is 16.2. The maximum Gasteiger partial charge on any atom is 0.262 e. The number of carbonyl (C=O) groups is 6. The molecule has 1 saturated heterocycles. The molecule has 5 rings (SSSR count). The molecule has 184 valence electrons. The van der Waals surface area contributed by atoms with Crippen molar-refractivity contribution in [3.05, 3.63) is 70.8 Å². The SMILES string of the molecule is C[C@H](C(=O)N1CCN(C(=O)[C@H](C)N2C(=O)c3ccccc3C2=O)CC1)N1C(=O)c2ccccc2C1=O. The lowest BCUT2D eigenvalue weighted by molar-refractivity contribution is -0.143. The largest absolute Gasteiger partial charge is 0.337 e. The fourth-order valence-electron chi connectivity index (χ4n) is 5.02. The number of benzene rings is 2. The summed E-state index contributed by atoms with van der Waals surface area (Å²) in [6, 6.07) is 10.9. The monoisotopic (exact) mass is 488 g/mol. The van der Waals surface area contributed by atoms with Gasteiger partial charge in [0, 0.05) is 26.2 Å². The highest BCUT2D eigenvalue weighted by Gasteiger charge is 2.44. The topological polar surface area (TPSA) is 115 Å². The van der Waals surface area contributed by atoms with Gasteiger partial charge in [0.15, 0.2) is 0 Å². The van der Waals surface area contributed by atoms with Gasteiger partial charge in [0.2, 0.25) is 11.8 Å². The van der Waals surface area contributed by atoms with E-state index in [0.717, 1.165) is 9.80 Å². The van der Waals surface area contributed by atoms with E-state index in [1.54, 1.807) is 48.5 Å². The number of fused-ring (bicyclic) bond motifs is 2. The normalized spacial score (nSPS) is 18.9. The quantitative estimate of drug-likeness (QED) is 0.594. The molecule has 3 aliphatic rings. The van der Waals surface area contributed by atoms with Crippen LogP contribution in [0.4, 0.5) is 0 Å². The van der Waals surface area contributed by atoms with Crippen LogP contribution in [0.15, 0.2) is 48.5 Å². The van der Waals surface area contributed by atoms with Crippen LogP contribution in [0.3, 0.4) is 0 Å². The van der Waals surface area contributed by atoms with Gasteiger partial charge in [0.1, 0.15) is 12.1 Å². The molecule has 2 aromatic rings. The molecule has 2 aromatic carbocycles. The van der Waals surface area contributed by atoms with Crippen LogP contribution >= 0.6 is 0 Å². The maximum absolute atomic E-state index is 13.1. The molecule has 0 saturated carbocycles. The highest BCUT2D eigenvalue weighted by Crippen LogP contribution is 2.27. The summed E-state index contributed by atoms with van der Waals surface area (Å²) in [5.41, 5.74) is 1.11. The van der Waals surface area contributed by atoms with Crippen molar-refractivity contribution in [3.8, 4) is 0 Å². The van der Waals surface area contributed by atoms with Gasteiger partial charge >= 0.3 is 0 Å².